The number of hydrogen-bond acceptors (Lipinski definition) is 7. The molecule has 8 nitrogen and oxygen atoms in total. The van der Waals surface area contributed by atoms with Crippen LogP contribution >= 0.6 is 11.6 Å². The molecule has 0 fully saturated rings. The Morgan fingerprint density at radius 1 is 1.30 bits per heavy atom. The molecule has 27 heavy (non-hydrogen) atoms. The molecule has 1 atom stereocenters. The van der Waals surface area contributed by atoms with Gasteiger partial charge in [-0.25, -0.2) is 14.8 Å². The Morgan fingerprint density at radius 2 is 2.04 bits per heavy atom. The summed E-state index contributed by atoms with van der Waals surface area (Å²) < 4.78 is 4.97. The average Bonchev–Trinajstić information content (AvgIpc) is 2.65. The van der Waals surface area contributed by atoms with E-state index in [9.17, 15) is 20.0 Å². The third-order valence-electron chi connectivity index (χ3n) is 3.66. The van der Waals surface area contributed by atoms with Crippen LogP contribution in [0.1, 0.15) is 17.5 Å². The van der Waals surface area contributed by atoms with Gasteiger partial charge in [-0.15, -0.1) is 0 Å². The number of ether oxygens (including phenoxy) is 1. The number of aromatic nitrogens is 2. The van der Waals surface area contributed by atoms with Crippen LogP contribution in [-0.4, -0.2) is 38.7 Å². The number of rotatable bonds is 5. The Balaban J connectivity index is 2.21. The molecule has 9 heteroatoms. The van der Waals surface area contributed by atoms with Crippen molar-refractivity contribution < 1.29 is 19.6 Å². The molecule has 0 saturated carbocycles. The van der Waals surface area contributed by atoms with E-state index in [0.717, 1.165) is 0 Å². The molecule has 0 spiro atoms. The molecule has 3 rings (SSSR count). The van der Waals surface area contributed by atoms with Gasteiger partial charge in [0.15, 0.2) is 0 Å². The van der Waals surface area contributed by atoms with Gasteiger partial charge in [0.25, 0.3) is 5.69 Å². The molecule has 138 valence electrons. The summed E-state index contributed by atoms with van der Waals surface area (Å²) in [5, 5.41) is 21.1. The van der Waals surface area contributed by atoms with Gasteiger partial charge in [-0.3, -0.25) is 10.1 Å². The molecular formula is C18H14ClN3O5. The molecule has 0 aliphatic carbocycles. The third-order valence-corrected chi connectivity index (χ3v) is 3.99. The Kier molecular flexibility index (Phi) is 5.29. The smallest absolute Gasteiger partial charge is 0.376 e. The highest BCUT2D eigenvalue weighted by Crippen LogP contribution is 2.33. The monoisotopic (exact) mass is 387 g/mol. The fourth-order valence-corrected chi connectivity index (χ4v) is 2.67. The molecule has 1 N–H and O–H groups in total. The first-order chi connectivity index (χ1) is 12.9. The van der Waals surface area contributed by atoms with Crippen molar-refractivity contribution in [2.24, 2.45) is 0 Å². The third kappa shape index (κ3) is 4.02. The first-order valence-corrected chi connectivity index (χ1v) is 8.31. The maximum atomic E-state index is 12.2. The lowest BCUT2D eigenvalue weighted by Gasteiger charge is -2.11. The Bertz CT molecular complexity index is 1040. The molecule has 0 aliphatic rings. The second-order valence-corrected chi connectivity index (χ2v) is 6.19. The van der Waals surface area contributed by atoms with Gasteiger partial charge in [0.05, 0.1) is 22.2 Å². The van der Waals surface area contributed by atoms with E-state index in [0.29, 0.717) is 21.5 Å². The van der Waals surface area contributed by atoms with E-state index in [4.69, 9.17) is 16.3 Å². The van der Waals surface area contributed by atoms with Crippen molar-refractivity contribution in [1.82, 2.24) is 9.97 Å². The van der Waals surface area contributed by atoms with Gasteiger partial charge >= 0.3 is 5.97 Å². The molecule has 1 heterocycles. The first kappa shape index (κ1) is 18.7. The summed E-state index contributed by atoms with van der Waals surface area (Å²) >= 11 is 6.25. The Labute approximate surface area is 158 Å². The summed E-state index contributed by atoms with van der Waals surface area (Å²) in [4.78, 5) is 31.2. The maximum absolute atomic E-state index is 12.2. The number of aliphatic hydroxyl groups is 1. The van der Waals surface area contributed by atoms with Gasteiger partial charge in [0, 0.05) is 28.1 Å². The Morgan fingerprint density at radius 3 is 2.70 bits per heavy atom. The first-order valence-electron chi connectivity index (χ1n) is 7.93. The predicted molar refractivity (Wildman–Crippen MR) is 98.6 cm³/mol. The second kappa shape index (κ2) is 7.65. The molecule has 0 amide bonds. The minimum Gasteiger partial charge on any atom is -0.457 e. The van der Waals surface area contributed by atoms with E-state index < -0.39 is 17.0 Å². The second-order valence-electron chi connectivity index (χ2n) is 5.78. The van der Waals surface area contributed by atoms with Crippen LogP contribution in [0, 0.1) is 10.1 Å². The molecular weight excluding hydrogens is 374 g/mol. The zero-order valence-electron chi connectivity index (χ0n) is 14.1. The number of benzene rings is 2. The van der Waals surface area contributed by atoms with Crippen LogP contribution in [0.2, 0.25) is 5.02 Å². The van der Waals surface area contributed by atoms with Crippen molar-refractivity contribution in [3.8, 4) is 11.3 Å². The van der Waals surface area contributed by atoms with Crippen LogP contribution < -0.4 is 0 Å². The fourth-order valence-electron chi connectivity index (χ4n) is 2.44. The molecule has 0 saturated heterocycles. The van der Waals surface area contributed by atoms with Crippen molar-refractivity contribution in [2.75, 3.05) is 6.61 Å². The van der Waals surface area contributed by atoms with E-state index in [-0.39, 0.29) is 23.8 Å². The van der Waals surface area contributed by atoms with Gasteiger partial charge in [-0.2, -0.15) is 0 Å². The largest absolute Gasteiger partial charge is 0.457 e. The van der Waals surface area contributed by atoms with Crippen molar-refractivity contribution >= 4 is 34.2 Å². The standard InChI is InChI=1S/C18H14ClN3O5/c1-10(23)9-27-18(24)17-20-15-7-6-11(22(25)26)8-13(15)16(21-17)12-4-2-3-5-14(12)19/h2-8,10,23H,9H2,1H3. The molecule has 1 aromatic heterocycles. The van der Waals surface area contributed by atoms with Gasteiger partial charge < -0.3 is 9.84 Å². The fraction of sp³-hybridized carbons (Fsp3) is 0.167. The number of hydrogen-bond donors (Lipinski definition) is 1. The maximum Gasteiger partial charge on any atom is 0.376 e. The zero-order chi connectivity index (χ0) is 19.6. The number of carbonyl (C=O) groups is 1. The predicted octanol–water partition coefficient (Wildman–Crippen LogP) is 3.40. The summed E-state index contributed by atoms with van der Waals surface area (Å²) in [5.74, 6) is -1.05. The van der Waals surface area contributed by atoms with E-state index >= 15 is 0 Å². The highest BCUT2D eigenvalue weighted by atomic mass is 35.5. The lowest BCUT2D eigenvalue weighted by molar-refractivity contribution is -0.384. The van der Waals surface area contributed by atoms with Crippen LogP contribution in [0.3, 0.4) is 0 Å². The number of carbonyl (C=O) groups excluding carboxylic acids is 1. The molecule has 0 bridgehead atoms. The van der Waals surface area contributed by atoms with Gasteiger partial charge in [0.1, 0.15) is 6.61 Å². The lowest BCUT2D eigenvalue weighted by Crippen LogP contribution is -2.17. The summed E-state index contributed by atoms with van der Waals surface area (Å²) in [7, 11) is 0. The van der Waals surface area contributed by atoms with E-state index in [1.807, 2.05) is 0 Å². The molecule has 3 aromatic rings. The van der Waals surface area contributed by atoms with Crippen molar-refractivity contribution in [3.63, 3.8) is 0 Å². The van der Waals surface area contributed by atoms with Gasteiger partial charge in [0.2, 0.25) is 5.82 Å². The minimum atomic E-state index is -0.833. The van der Waals surface area contributed by atoms with E-state index in [1.165, 1.54) is 25.1 Å². The van der Waals surface area contributed by atoms with Crippen molar-refractivity contribution in [1.29, 1.82) is 0 Å². The lowest BCUT2D eigenvalue weighted by atomic mass is 10.1. The molecule has 0 aliphatic heterocycles. The van der Waals surface area contributed by atoms with Crippen LogP contribution in [0.25, 0.3) is 22.2 Å². The van der Waals surface area contributed by atoms with Crippen molar-refractivity contribution in [3.05, 3.63) is 63.4 Å². The average molecular weight is 388 g/mol. The van der Waals surface area contributed by atoms with Crippen LogP contribution in [-0.2, 0) is 4.74 Å². The number of non-ortho nitro benzene ring substituents is 1. The van der Waals surface area contributed by atoms with E-state index in [1.54, 1.807) is 24.3 Å². The number of halogens is 1. The quantitative estimate of drug-likeness (QED) is 0.405. The molecule has 2 aromatic carbocycles. The number of fused-ring (bicyclic) bond motifs is 1. The summed E-state index contributed by atoms with van der Waals surface area (Å²) in [6.07, 6.45) is -0.833. The van der Waals surface area contributed by atoms with Crippen LogP contribution in [0.15, 0.2) is 42.5 Å². The zero-order valence-corrected chi connectivity index (χ0v) is 14.9. The van der Waals surface area contributed by atoms with Crippen LogP contribution in [0.4, 0.5) is 5.69 Å². The molecule has 0 radical (unpaired) electrons. The normalized spacial score (nSPS) is 12.0. The number of aliphatic hydroxyl groups excluding tert-OH is 1. The van der Waals surface area contributed by atoms with Crippen molar-refractivity contribution in [2.45, 2.75) is 13.0 Å². The number of nitrogens with zero attached hydrogens (tertiary/aromatic N) is 3. The summed E-state index contributed by atoms with van der Waals surface area (Å²) in [5.41, 5.74) is 0.966. The summed E-state index contributed by atoms with van der Waals surface area (Å²) in [6.45, 7) is 1.27. The Hall–Kier alpha value is -3.10. The number of esters is 1. The van der Waals surface area contributed by atoms with E-state index in [2.05, 4.69) is 9.97 Å². The summed E-state index contributed by atoms with van der Waals surface area (Å²) in [6, 6.07) is 10.9. The SMILES string of the molecule is CC(O)COC(=O)c1nc(-c2ccccc2Cl)c2cc([N+](=O)[O-])ccc2n1. The number of nitro groups is 1. The highest BCUT2D eigenvalue weighted by molar-refractivity contribution is 6.33. The topological polar surface area (TPSA) is 115 Å². The van der Waals surface area contributed by atoms with Crippen LogP contribution in [0.5, 0.6) is 0 Å². The van der Waals surface area contributed by atoms with Gasteiger partial charge in [-0.1, -0.05) is 29.8 Å². The number of nitro benzene ring substituents is 1. The molecule has 1 unspecified atom stereocenters. The minimum absolute atomic E-state index is 0.135. The highest BCUT2D eigenvalue weighted by Gasteiger charge is 2.20. The van der Waals surface area contributed by atoms with Gasteiger partial charge in [-0.05, 0) is 19.1 Å².